The molecule has 0 aromatic rings. The summed E-state index contributed by atoms with van der Waals surface area (Å²) in [5, 5.41) is 0. The molecule has 0 atom stereocenters. The molecule has 0 aromatic heterocycles. The van der Waals surface area contributed by atoms with Crippen molar-refractivity contribution in [3.63, 3.8) is 0 Å². The normalized spacial score (nSPS) is 42.2. The molecule has 12 heavy (non-hydrogen) atoms. The summed E-state index contributed by atoms with van der Waals surface area (Å²) in [4.78, 5) is 0. The number of rotatable bonds is 1. The third kappa shape index (κ3) is 1.28. The average molecular weight is 168 g/mol. The lowest BCUT2D eigenvalue weighted by atomic mass is 9.89. The quantitative estimate of drug-likeness (QED) is 0.528. The molecule has 2 saturated heterocycles. The molecule has 0 amide bonds. The summed E-state index contributed by atoms with van der Waals surface area (Å²) in [6.07, 6.45) is 9.03. The molecule has 0 bridgehead atoms. The van der Waals surface area contributed by atoms with Gasteiger partial charge in [-0.1, -0.05) is 0 Å². The van der Waals surface area contributed by atoms with Crippen LogP contribution in [0.2, 0.25) is 0 Å². The van der Waals surface area contributed by atoms with Gasteiger partial charge in [-0.25, -0.2) is 0 Å². The van der Waals surface area contributed by atoms with Gasteiger partial charge in [-0.05, 0) is 45.4 Å². The van der Waals surface area contributed by atoms with Crippen LogP contribution in [-0.2, 0) is 0 Å². The average Bonchev–Trinajstić information content (AvgIpc) is 2.18. The molecule has 0 N–H and O–H groups in total. The molecule has 0 unspecified atom stereocenters. The molecule has 1 nitrogen and oxygen atoms in total. The molecular formula is C11H22N+. The SMILES string of the molecule is CC[N+]12CCCCC1CCCC2. The second-order valence-electron chi connectivity index (χ2n) is 4.63. The van der Waals surface area contributed by atoms with Gasteiger partial charge in [-0.2, -0.15) is 0 Å². The number of quaternary nitrogens is 1. The summed E-state index contributed by atoms with van der Waals surface area (Å²) < 4.78 is 1.49. The van der Waals surface area contributed by atoms with Crippen LogP contribution in [-0.4, -0.2) is 30.2 Å². The van der Waals surface area contributed by atoms with E-state index in [4.69, 9.17) is 0 Å². The molecular weight excluding hydrogens is 146 g/mol. The highest BCUT2D eigenvalue weighted by atomic mass is 15.4. The van der Waals surface area contributed by atoms with E-state index in [0.717, 1.165) is 6.04 Å². The van der Waals surface area contributed by atoms with Crippen molar-refractivity contribution in [3.05, 3.63) is 0 Å². The molecule has 1 heteroatoms. The van der Waals surface area contributed by atoms with Crippen LogP contribution >= 0.6 is 0 Å². The standard InChI is InChI=1S/C11H22N/c1-2-12-9-5-3-7-11(12)8-4-6-10-12/h11H,2-10H2,1H3/q+1. The summed E-state index contributed by atoms with van der Waals surface area (Å²) in [7, 11) is 0. The van der Waals surface area contributed by atoms with Crippen molar-refractivity contribution in [2.24, 2.45) is 0 Å². The minimum absolute atomic E-state index is 1.05. The van der Waals surface area contributed by atoms with Crippen LogP contribution in [0.15, 0.2) is 0 Å². The van der Waals surface area contributed by atoms with Crippen LogP contribution in [0.1, 0.15) is 45.4 Å². The highest BCUT2D eigenvalue weighted by molar-refractivity contribution is 4.70. The van der Waals surface area contributed by atoms with E-state index >= 15 is 0 Å². The summed E-state index contributed by atoms with van der Waals surface area (Å²) in [6.45, 7) is 6.76. The van der Waals surface area contributed by atoms with Crippen molar-refractivity contribution in [1.82, 2.24) is 0 Å². The molecule has 2 heterocycles. The Morgan fingerprint density at radius 3 is 2.00 bits per heavy atom. The van der Waals surface area contributed by atoms with Crippen LogP contribution in [0.4, 0.5) is 0 Å². The van der Waals surface area contributed by atoms with Gasteiger partial charge in [0.15, 0.2) is 0 Å². The van der Waals surface area contributed by atoms with Crippen LogP contribution in [0.3, 0.4) is 0 Å². The zero-order chi connectivity index (χ0) is 8.44. The van der Waals surface area contributed by atoms with Gasteiger partial charge in [0.25, 0.3) is 0 Å². The second kappa shape index (κ2) is 3.37. The first-order valence-corrected chi connectivity index (χ1v) is 5.73. The minimum atomic E-state index is 1.05. The first-order valence-electron chi connectivity index (χ1n) is 5.73. The van der Waals surface area contributed by atoms with E-state index in [-0.39, 0.29) is 0 Å². The van der Waals surface area contributed by atoms with Crippen LogP contribution in [0.25, 0.3) is 0 Å². The van der Waals surface area contributed by atoms with Gasteiger partial charge in [0.05, 0.1) is 25.7 Å². The largest absolute Gasteiger partial charge is 0.321 e. The molecule has 2 aliphatic rings. The van der Waals surface area contributed by atoms with Crippen molar-refractivity contribution in [1.29, 1.82) is 0 Å². The number of hydrogen-bond acceptors (Lipinski definition) is 0. The maximum atomic E-state index is 2.39. The molecule has 2 rings (SSSR count). The minimum Gasteiger partial charge on any atom is -0.321 e. The molecule has 2 aliphatic heterocycles. The molecule has 0 aromatic carbocycles. The van der Waals surface area contributed by atoms with Gasteiger partial charge >= 0.3 is 0 Å². The highest BCUT2D eigenvalue weighted by Gasteiger charge is 2.39. The Hall–Kier alpha value is -0.0400. The Bertz CT molecular complexity index is 141. The first kappa shape index (κ1) is 8.55. The van der Waals surface area contributed by atoms with Crippen molar-refractivity contribution in [2.75, 3.05) is 19.6 Å². The van der Waals surface area contributed by atoms with E-state index in [9.17, 15) is 0 Å². The lowest BCUT2D eigenvalue weighted by Gasteiger charge is -2.50. The number of nitrogens with zero attached hydrogens (tertiary/aromatic N) is 1. The summed E-state index contributed by atoms with van der Waals surface area (Å²) in [5.41, 5.74) is 0. The molecule has 0 saturated carbocycles. The van der Waals surface area contributed by atoms with Crippen LogP contribution in [0, 0.1) is 0 Å². The molecule has 0 spiro atoms. The van der Waals surface area contributed by atoms with E-state index in [2.05, 4.69) is 6.92 Å². The van der Waals surface area contributed by atoms with E-state index in [1.807, 2.05) is 0 Å². The lowest BCUT2D eigenvalue weighted by Crippen LogP contribution is -2.60. The third-order valence-corrected chi connectivity index (χ3v) is 4.19. The molecule has 2 fully saturated rings. The fraction of sp³-hybridized carbons (Fsp3) is 1.00. The smallest absolute Gasteiger partial charge is 0.0890 e. The van der Waals surface area contributed by atoms with Crippen molar-refractivity contribution < 1.29 is 4.48 Å². The second-order valence-corrected chi connectivity index (χ2v) is 4.63. The number of fused-ring (bicyclic) bond motifs is 1. The van der Waals surface area contributed by atoms with E-state index in [1.165, 1.54) is 62.6 Å². The maximum absolute atomic E-state index is 2.39. The topological polar surface area (TPSA) is 0 Å². The van der Waals surface area contributed by atoms with Gasteiger partial charge < -0.3 is 4.48 Å². The summed E-state index contributed by atoms with van der Waals surface area (Å²) in [6, 6.07) is 1.05. The zero-order valence-electron chi connectivity index (χ0n) is 8.39. The Morgan fingerprint density at radius 2 is 1.58 bits per heavy atom. The highest BCUT2D eigenvalue weighted by Crippen LogP contribution is 2.33. The van der Waals surface area contributed by atoms with Gasteiger partial charge in [0.1, 0.15) is 0 Å². The van der Waals surface area contributed by atoms with Crippen molar-refractivity contribution in [2.45, 2.75) is 51.5 Å². The Labute approximate surface area is 76.3 Å². The van der Waals surface area contributed by atoms with Crippen molar-refractivity contribution >= 4 is 0 Å². The van der Waals surface area contributed by atoms with Gasteiger partial charge in [0.2, 0.25) is 0 Å². The maximum Gasteiger partial charge on any atom is 0.0890 e. The molecule has 0 radical (unpaired) electrons. The Morgan fingerprint density at radius 1 is 1.00 bits per heavy atom. The Kier molecular flexibility index (Phi) is 2.40. The fourth-order valence-electron chi connectivity index (χ4n) is 3.36. The Balaban J connectivity index is 2.10. The predicted molar refractivity (Wildman–Crippen MR) is 52.0 cm³/mol. The number of piperidine rings is 2. The van der Waals surface area contributed by atoms with Crippen LogP contribution < -0.4 is 0 Å². The fourth-order valence-corrected chi connectivity index (χ4v) is 3.36. The van der Waals surface area contributed by atoms with Gasteiger partial charge in [-0.15, -0.1) is 0 Å². The zero-order valence-corrected chi connectivity index (χ0v) is 8.39. The van der Waals surface area contributed by atoms with Crippen LogP contribution in [0.5, 0.6) is 0 Å². The summed E-state index contributed by atoms with van der Waals surface area (Å²) in [5.74, 6) is 0. The number of hydrogen-bond donors (Lipinski definition) is 0. The first-order chi connectivity index (χ1) is 5.87. The lowest BCUT2D eigenvalue weighted by molar-refractivity contribution is -0.958. The van der Waals surface area contributed by atoms with E-state index in [0.29, 0.717) is 0 Å². The van der Waals surface area contributed by atoms with Gasteiger partial charge in [0, 0.05) is 0 Å². The van der Waals surface area contributed by atoms with E-state index in [1.54, 1.807) is 0 Å². The summed E-state index contributed by atoms with van der Waals surface area (Å²) >= 11 is 0. The third-order valence-electron chi connectivity index (χ3n) is 4.19. The molecule has 70 valence electrons. The predicted octanol–water partition coefficient (Wildman–Crippen LogP) is 2.56. The van der Waals surface area contributed by atoms with E-state index < -0.39 is 0 Å². The molecule has 0 aliphatic carbocycles. The monoisotopic (exact) mass is 168 g/mol. The van der Waals surface area contributed by atoms with Crippen molar-refractivity contribution in [3.8, 4) is 0 Å². The van der Waals surface area contributed by atoms with Gasteiger partial charge in [-0.3, -0.25) is 0 Å².